The Hall–Kier alpha value is -1.02. The van der Waals surface area contributed by atoms with Gasteiger partial charge in [-0.25, -0.2) is 0 Å². The highest BCUT2D eigenvalue weighted by Crippen LogP contribution is 2.36. The van der Waals surface area contributed by atoms with Crippen LogP contribution in [0, 0.1) is 0 Å². The van der Waals surface area contributed by atoms with Crippen molar-refractivity contribution in [2.24, 2.45) is 0 Å². The molecule has 0 aliphatic carbocycles. The molecule has 0 saturated carbocycles. The molecule has 2 nitrogen and oxygen atoms in total. The molecule has 2 heterocycles. The number of rotatable bonds is 1. The number of hydrogen-bond acceptors (Lipinski definition) is 2. The van der Waals surface area contributed by atoms with E-state index >= 15 is 0 Å². The van der Waals surface area contributed by atoms with Crippen LogP contribution in [0.2, 0.25) is 0 Å². The van der Waals surface area contributed by atoms with Crippen molar-refractivity contribution in [3.8, 4) is 0 Å². The molecule has 0 radical (unpaired) electrons. The zero-order valence-electron chi connectivity index (χ0n) is 11.0. The minimum absolute atomic E-state index is 0.294. The van der Waals surface area contributed by atoms with Gasteiger partial charge in [0.15, 0.2) is 0 Å². The first kappa shape index (κ1) is 11.1. The van der Waals surface area contributed by atoms with Crippen LogP contribution in [0.1, 0.15) is 32.8 Å². The Morgan fingerprint density at radius 3 is 2.76 bits per heavy atom. The summed E-state index contributed by atoms with van der Waals surface area (Å²) < 4.78 is 0. The van der Waals surface area contributed by atoms with E-state index in [1.807, 2.05) is 0 Å². The Labute approximate surface area is 104 Å². The van der Waals surface area contributed by atoms with Gasteiger partial charge in [-0.3, -0.25) is 0 Å². The van der Waals surface area contributed by atoms with E-state index < -0.39 is 0 Å². The van der Waals surface area contributed by atoms with Crippen LogP contribution in [0.4, 0.5) is 5.69 Å². The first-order valence-corrected chi connectivity index (χ1v) is 6.68. The molecule has 1 aromatic carbocycles. The smallest absolute Gasteiger partial charge is 0.0435 e. The average molecular weight is 230 g/mol. The molecule has 2 atom stereocenters. The summed E-state index contributed by atoms with van der Waals surface area (Å²) in [5.41, 5.74) is 3.27. The molecule has 3 rings (SSSR count). The van der Waals surface area contributed by atoms with E-state index in [-0.39, 0.29) is 0 Å². The quantitative estimate of drug-likeness (QED) is 0.797. The van der Waals surface area contributed by atoms with Gasteiger partial charge in [-0.2, -0.15) is 0 Å². The summed E-state index contributed by atoms with van der Waals surface area (Å²) in [6.45, 7) is 8.08. The standard InChI is InChI=1S/C15H22N2/c1-11-8-12-6-4-5-7-14(12)17(11)13-9-15(2,3)16-10-13/h4-7,11,13,16H,8-10H2,1-3H3. The lowest BCUT2D eigenvalue weighted by Gasteiger charge is -2.32. The van der Waals surface area contributed by atoms with Crippen molar-refractivity contribution in [1.29, 1.82) is 0 Å². The topological polar surface area (TPSA) is 15.3 Å². The molecule has 1 fully saturated rings. The fraction of sp³-hybridized carbons (Fsp3) is 0.600. The summed E-state index contributed by atoms with van der Waals surface area (Å²) in [6.07, 6.45) is 2.44. The molecule has 0 bridgehead atoms. The summed E-state index contributed by atoms with van der Waals surface area (Å²) in [4.78, 5) is 2.64. The average Bonchev–Trinajstić information content (AvgIpc) is 2.77. The molecule has 0 aromatic heterocycles. The summed E-state index contributed by atoms with van der Waals surface area (Å²) in [6, 6.07) is 10.2. The van der Waals surface area contributed by atoms with E-state index in [2.05, 4.69) is 55.3 Å². The van der Waals surface area contributed by atoms with Gasteiger partial charge in [0, 0.05) is 29.9 Å². The normalized spacial score (nSPS) is 30.6. The SMILES string of the molecule is CC1Cc2ccccc2N1C1CNC(C)(C)C1. The highest BCUT2D eigenvalue weighted by molar-refractivity contribution is 5.60. The second-order valence-electron chi connectivity index (χ2n) is 6.21. The third kappa shape index (κ3) is 1.85. The third-order valence-corrected chi connectivity index (χ3v) is 4.22. The summed E-state index contributed by atoms with van der Waals surface area (Å²) in [7, 11) is 0. The number of benzene rings is 1. The van der Waals surface area contributed by atoms with Crippen LogP contribution in [-0.2, 0) is 6.42 Å². The molecule has 1 aromatic rings. The number of para-hydroxylation sites is 1. The molecule has 2 aliphatic rings. The van der Waals surface area contributed by atoms with Crippen LogP contribution in [-0.4, -0.2) is 24.2 Å². The maximum atomic E-state index is 3.63. The Morgan fingerprint density at radius 1 is 1.29 bits per heavy atom. The highest BCUT2D eigenvalue weighted by Gasteiger charge is 2.38. The van der Waals surface area contributed by atoms with Gasteiger partial charge < -0.3 is 10.2 Å². The lowest BCUT2D eigenvalue weighted by molar-refractivity contribution is 0.449. The maximum absolute atomic E-state index is 3.63. The zero-order chi connectivity index (χ0) is 12.0. The Bertz CT molecular complexity index is 425. The molecule has 2 unspecified atom stereocenters. The molecule has 0 amide bonds. The molecule has 92 valence electrons. The van der Waals surface area contributed by atoms with Gasteiger partial charge in [-0.15, -0.1) is 0 Å². The van der Waals surface area contributed by atoms with Crippen molar-refractivity contribution in [2.45, 2.75) is 51.2 Å². The minimum Gasteiger partial charge on any atom is -0.364 e. The molecule has 17 heavy (non-hydrogen) atoms. The van der Waals surface area contributed by atoms with E-state index in [0.717, 1.165) is 6.54 Å². The molecule has 2 heteroatoms. The predicted octanol–water partition coefficient (Wildman–Crippen LogP) is 2.58. The van der Waals surface area contributed by atoms with Crippen molar-refractivity contribution >= 4 is 5.69 Å². The van der Waals surface area contributed by atoms with E-state index in [0.29, 0.717) is 17.6 Å². The number of anilines is 1. The van der Waals surface area contributed by atoms with Crippen LogP contribution in [0.25, 0.3) is 0 Å². The first-order chi connectivity index (χ1) is 8.07. The van der Waals surface area contributed by atoms with Gasteiger partial charge in [0.25, 0.3) is 0 Å². The largest absolute Gasteiger partial charge is 0.364 e. The number of fused-ring (bicyclic) bond motifs is 1. The Morgan fingerprint density at radius 2 is 2.06 bits per heavy atom. The predicted molar refractivity (Wildman–Crippen MR) is 72.6 cm³/mol. The Kier molecular flexibility index (Phi) is 2.44. The maximum Gasteiger partial charge on any atom is 0.0435 e. The van der Waals surface area contributed by atoms with Crippen LogP contribution in [0.3, 0.4) is 0 Å². The molecule has 2 aliphatic heterocycles. The second kappa shape index (κ2) is 3.74. The molecule has 1 saturated heterocycles. The molecule has 0 spiro atoms. The number of hydrogen-bond donors (Lipinski definition) is 1. The van der Waals surface area contributed by atoms with E-state index in [1.165, 1.54) is 24.1 Å². The second-order valence-corrected chi connectivity index (χ2v) is 6.21. The van der Waals surface area contributed by atoms with Crippen molar-refractivity contribution < 1.29 is 0 Å². The molecular weight excluding hydrogens is 208 g/mol. The number of nitrogens with one attached hydrogen (secondary N) is 1. The van der Waals surface area contributed by atoms with Gasteiger partial charge in [0.2, 0.25) is 0 Å². The monoisotopic (exact) mass is 230 g/mol. The van der Waals surface area contributed by atoms with E-state index in [4.69, 9.17) is 0 Å². The van der Waals surface area contributed by atoms with Crippen LogP contribution < -0.4 is 10.2 Å². The highest BCUT2D eigenvalue weighted by atomic mass is 15.2. The lowest BCUT2D eigenvalue weighted by atomic mass is 10.00. The van der Waals surface area contributed by atoms with Gasteiger partial charge >= 0.3 is 0 Å². The Balaban J connectivity index is 1.89. The fourth-order valence-electron chi connectivity index (χ4n) is 3.47. The molecular formula is C15H22N2. The van der Waals surface area contributed by atoms with Crippen molar-refractivity contribution in [1.82, 2.24) is 5.32 Å². The van der Waals surface area contributed by atoms with Crippen LogP contribution in [0.15, 0.2) is 24.3 Å². The fourth-order valence-corrected chi connectivity index (χ4v) is 3.47. The van der Waals surface area contributed by atoms with E-state index in [9.17, 15) is 0 Å². The van der Waals surface area contributed by atoms with Crippen molar-refractivity contribution in [2.75, 3.05) is 11.4 Å². The third-order valence-electron chi connectivity index (χ3n) is 4.22. The lowest BCUT2D eigenvalue weighted by Crippen LogP contribution is -2.40. The van der Waals surface area contributed by atoms with Gasteiger partial charge in [0.1, 0.15) is 0 Å². The minimum atomic E-state index is 0.294. The van der Waals surface area contributed by atoms with Crippen molar-refractivity contribution in [3.63, 3.8) is 0 Å². The van der Waals surface area contributed by atoms with Crippen LogP contribution in [0.5, 0.6) is 0 Å². The van der Waals surface area contributed by atoms with Gasteiger partial charge in [-0.05, 0) is 45.2 Å². The van der Waals surface area contributed by atoms with Crippen molar-refractivity contribution in [3.05, 3.63) is 29.8 Å². The number of nitrogens with zero attached hydrogens (tertiary/aromatic N) is 1. The molecule has 1 N–H and O–H groups in total. The van der Waals surface area contributed by atoms with Gasteiger partial charge in [0.05, 0.1) is 0 Å². The first-order valence-electron chi connectivity index (χ1n) is 6.68. The van der Waals surface area contributed by atoms with E-state index in [1.54, 1.807) is 0 Å². The van der Waals surface area contributed by atoms with Gasteiger partial charge in [-0.1, -0.05) is 18.2 Å². The summed E-state index contributed by atoms with van der Waals surface area (Å²) in [5, 5.41) is 3.63. The van der Waals surface area contributed by atoms with Crippen LogP contribution >= 0.6 is 0 Å². The zero-order valence-corrected chi connectivity index (χ0v) is 11.0. The summed E-state index contributed by atoms with van der Waals surface area (Å²) in [5.74, 6) is 0. The summed E-state index contributed by atoms with van der Waals surface area (Å²) >= 11 is 0.